The van der Waals surface area contributed by atoms with Gasteiger partial charge in [0.2, 0.25) is 21.8 Å². The van der Waals surface area contributed by atoms with E-state index in [2.05, 4.69) is 12.2 Å². The van der Waals surface area contributed by atoms with Gasteiger partial charge in [0.25, 0.3) is 0 Å². The Kier molecular flexibility index (Phi) is 12.4. The Morgan fingerprint density at radius 2 is 1.62 bits per heavy atom. The molecule has 3 rings (SSSR count). The number of carbonyl (C=O) groups excluding carboxylic acids is 2. The topological polar surface area (TPSA) is 96.0 Å². The number of benzene rings is 3. The molecule has 0 aliphatic carbocycles. The SMILES string of the molecule is CCCCNC(=O)[C@H](Cc1ccccc1)N(Cc1cccc(OC)c1)C(=O)CCCN(c1ccc(C)cc1)S(C)(=O)=O. The lowest BCUT2D eigenvalue weighted by Crippen LogP contribution is -2.50. The normalized spacial score (nSPS) is 11.9. The minimum atomic E-state index is -3.56. The van der Waals surface area contributed by atoms with Crippen LogP contribution >= 0.6 is 0 Å². The standard InChI is InChI=1S/C33H43N3O5S/c1-5-6-21-34-33(38)31(24-27-12-8-7-9-13-27)35(25-28-14-10-15-30(23-28)41-3)32(37)16-11-22-36(42(4,39)40)29-19-17-26(2)18-20-29/h7-10,12-15,17-20,23,31H,5-6,11,16,21-22,24-25H2,1-4H3,(H,34,38)/t31-/m0/s1. The molecule has 3 aromatic rings. The van der Waals surface area contributed by atoms with E-state index in [9.17, 15) is 18.0 Å². The predicted octanol–water partition coefficient (Wildman–Crippen LogP) is 5.11. The van der Waals surface area contributed by atoms with E-state index in [-0.39, 0.29) is 31.3 Å². The number of methoxy groups -OCH3 is 1. The van der Waals surface area contributed by atoms with E-state index in [1.54, 1.807) is 24.1 Å². The fourth-order valence-electron chi connectivity index (χ4n) is 4.74. The van der Waals surface area contributed by atoms with E-state index in [1.165, 1.54) is 10.6 Å². The summed E-state index contributed by atoms with van der Waals surface area (Å²) in [5, 5.41) is 3.02. The van der Waals surface area contributed by atoms with E-state index >= 15 is 0 Å². The Balaban J connectivity index is 1.88. The summed E-state index contributed by atoms with van der Waals surface area (Å²) in [6.07, 6.45) is 3.68. The van der Waals surface area contributed by atoms with Crippen LogP contribution in [-0.2, 0) is 32.6 Å². The van der Waals surface area contributed by atoms with Crippen LogP contribution in [0.25, 0.3) is 0 Å². The van der Waals surface area contributed by atoms with Crippen LogP contribution in [0.2, 0.25) is 0 Å². The molecule has 226 valence electrons. The van der Waals surface area contributed by atoms with Crippen molar-refractivity contribution in [3.8, 4) is 5.75 Å². The summed E-state index contributed by atoms with van der Waals surface area (Å²) in [5.41, 5.74) is 3.36. The van der Waals surface area contributed by atoms with Gasteiger partial charge in [-0.1, -0.05) is 73.5 Å². The van der Waals surface area contributed by atoms with Gasteiger partial charge in [-0.15, -0.1) is 0 Å². The molecule has 0 heterocycles. The predicted molar refractivity (Wildman–Crippen MR) is 168 cm³/mol. The van der Waals surface area contributed by atoms with Gasteiger partial charge in [-0.2, -0.15) is 0 Å². The van der Waals surface area contributed by atoms with Crippen LogP contribution in [0.15, 0.2) is 78.9 Å². The highest BCUT2D eigenvalue weighted by atomic mass is 32.2. The largest absolute Gasteiger partial charge is 0.497 e. The summed E-state index contributed by atoms with van der Waals surface area (Å²) in [6.45, 7) is 4.88. The van der Waals surface area contributed by atoms with Gasteiger partial charge in [-0.25, -0.2) is 8.42 Å². The van der Waals surface area contributed by atoms with Crippen LogP contribution in [0.3, 0.4) is 0 Å². The summed E-state index contributed by atoms with van der Waals surface area (Å²) in [4.78, 5) is 29.1. The Hall–Kier alpha value is -3.85. The highest BCUT2D eigenvalue weighted by molar-refractivity contribution is 7.92. The molecule has 1 atom stereocenters. The van der Waals surface area contributed by atoms with Crippen molar-refractivity contribution in [2.45, 2.75) is 58.5 Å². The number of hydrogen-bond acceptors (Lipinski definition) is 5. The zero-order chi connectivity index (χ0) is 30.5. The van der Waals surface area contributed by atoms with Crippen molar-refractivity contribution in [2.75, 3.05) is 30.8 Å². The Morgan fingerprint density at radius 3 is 2.26 bits per heavy atom. The second kappa shape index (κ2) is 16.0. The van der Waals surface area contributed by atoms with Crippen molar-refractivity contribution in [3.05, 3.63) is 95.6 Å². The Labute approximate surface area is 250 Å². The van der Waals surface area contributed by atoms with E-state index in [4.69, 9.17) is 4.74 Å². The minimum Gasteiger partial charge on any atom is -0.497 e. The summed E-state index contributed by atoms with van der Waals surface area (Å²) < 4.78 is 32.0. The molecule has 0 fully saturated rings. The molecule has 0 saturated carbocycles. The van der Waals surface area contributed by atoms with E-state index in [1.807, 2.05) is 73.7 Å². The summed E-state index contributed by atoms with van der Waals surface area (Å²) in [7, 11) is -1.97. The molecular formula is C33H43N3O5S. The van der Waals surface area contributed by atoms with Crippen molar-refractivity contribution in [2.24, 2.45) is 0 Å². The zero-order valence-electron chi connectivity index (χ0n) is 25.1. The molecule has 0 unspecified atom stereocenters. The first kappa shape index (κ1) is 32.7. The first-order valence-corrected chi connectivity index (χ1v) is 16.3. The number of nitrogens with one attached hydrogen (secondary N) is 1. The van der Waals surface area contributed by atoms with Gasteiger partial charge >= 0.3 is 0 Å². The van der Waals surface area contributed by atoms with Crippen LogP contribution in [0.4, 0.5) is 5.69 Å². The highest BCUT2D eigenvalue weighted by Gasteiger charge is 2.30. The van der Waals surface area contributed by atoms with Gasteiger partial charge in [0.1, 0.15) is 11.8 Å². The number of ether oxygens (including phenoxy) is 1. The summed E-state index contributed by atoms with van der Waals surface area (Å²) in [6, 6.07) is 23.6. The Morgan fingerprint density at radius 1 is 0.929 bits per heavy atom. The monoisotopic (exact) mass is 593 g/mol. The molecule has 0 aliphatic heterocycles. The molecule has 0 saturated heterocycles. The molecule has 0 aromatic heterocycles. The number of sulfonamides is 1. The van der Waals surface area contributed by atoms with Crippen molar-refractivity contribution in [3.63, 3.8) is 0 Å². The lowest BCUT2D eigenvalue weighted by molar-refractivity contribution is -0.141. The fourth-order valence-corrected chi connectivity index (χ4v) is 5.71. The van der Waals surface area contributed by atoms with Gasteiger partial charge in [0.05, 0.1) is 19.1 Å². The molecular weight excluding hydrogens is 550 g/mol. The number of hydrogen-bond donors (Lipinski definition) is 1. The number of carbonyl (C=O) groups is 2. The second-order valence-electron chi connectivity index (χ2n) is 10.5. The maximum absolute atomic E-state index is 13.9. The van der Waals surface area contributed by atoms with Crippen LogP contribution in [0.5, 0.6) is 5.75 Å². The first-order chi connectivity index (χ1) is 20.1. The van der Waals surface area contributed by atoms with Gasteiger partial charge in [-0.3, -0.25) is 13.9 Å². The summed E-state index contributed by atoms with van der Waals surface area (Å²) >= 11 is 0. The van der Waals surface area contributed by atoms with Crippen LogP contribution < -0.4 is 14.4 Å². The number of nitrogens with zero attached hydrogens (tertiary/aromatic N) is 2. The van der Waals surface area contributed by atoms with Crippen molar-refractivity contribution in [1.29, 1.82) is 0 Å². The average molecular weight is 594 g/mol. The fraction of sp³-hybridized carbons (Fsp3) is 0.394. The van der Waals surface area contributed by atoms with Crippen LogP contribution in [0.1, 0.15) is 49.3 Å². The Bertz CT molecular complexity index is 1390. The third-order valence-corrected chi connectivity index (χ3v) is 8.26. The molecule has 0 spiro atoms. The molecule has 1 N–H and O–H groups in total. The molecule has 0 radical (unpaired) electrons. The molecule has 8 nitrogen and oxygen atoms in total. The van der Waals surface area contributed by atoms with E-state index in [0.29, 0.717) is 30.8 Å². The highest BCUT2D eigenvalue weighted by Crippen LogP contribution is 2.22. The quantitative estimate of drug-likeness (QED) is 0.233. The second-order valence-corrected chi connectivity index (χ2v) is 12.4. The molecule has 0 bridgehead atoms. The maximum atomic E-state index is 13.9. The van der Waals surface area contributed by atoms with Gasteiger partial charge in [0, 0.05) is 32.5 Å². The molecule has 42 heavy (non-hydrogen) atoms. The third-order valence-electron chi connectivity index (χ3n) is 7.06. The number of aryl methyl sites for hydroxylation is 1. The number of unbranched alkanes of at least 4 members (excludes halogenated alkanes) is 1. The number of amides is 2. The average Bonchev–Trinajstić information content (AvgIpc) is 2.97. The minimum absolute atomic E-state index is 0.0787. The molecule has 0 aliphatic rings. The van der Waals surface area contributed by atoms with E-state index in [0.717, 1.165) is 29.5 Å². The third kappa shape index (κ3) is 9.91. The smallest absolute Gasteiger partial charge is 0.243 e. The summed E-state index contributed by atoms with van der Waals surface area (Å²) in [5.74, 6) is 0.233. The molecule has 2 amide bonds. The first-order valence-electron chi connectivity index (χ1n) is 14.4. The molecule has 9 heteroatoms. The van der Waals surface area contributed by atoms with Gasteiger partial charge in [0.15, 0.2) is 0 Å². The van der Waals surface area contributed by atoms with Crippen LogP contribution in [-0.4, -0.2) is 57.6 Å². The number of rotatable bonds is 16. The lowest BCUT2D eigenvalue weighted by atomic mass is 10.0. The van der Waals surface area contributed by atoms with Crippen molar-refractivity contribution in [1.82, 2.24) is 10.2 Å². The maximum Gasteiger partial charge on any atom is 0.243 e. The van der Waals surface area contributed by atoms with Crippen LogP contribution in [0, 0.1) is 6.92 Å². The lowest BCUT2D eigenvalue weighted by Gasteiger charge is -2.32. The van der Waals surface area contributed by atoms with Gasteiger partial charge < -0.3 is 15.0 Å². The zero-order valence-corrected chi connectivity index (χ0v) is 25.9. The van der Waals surface area contributed by atoms with Gasteiger partial charge in [-0.05, 0) is 55.2 Å². The van der Waals surface area contributed by atoms with E-state index < -0.39 is 16.1 Å². The number of anilines is 1. The van der Waals surface area contributed by atoms with Crippen molar-refractivity contribution >= 4 is 27.5 Å². The molecule has 3 aromatic carbocycles. The van der Waals surface area contributed by atoms with Crippen molar-refractivity contribution < 1.29 is 22.7 Å².